The summed E-state index contributed by atoms with van der Waals surface area (Å²) < 4.78 is 40.0. The average Bonchev–Trinajstić information content (AvgIpc) is 3.03. The van der Waals surface area contributed by atoms with E-state index in [0.717, 1.165) is 23.1 Å². The third-order valence-corrected chi connectivity index (χ3v) is 5.92. The van der Waals surface area contributed by atoms with E-state index < -0.39 is 15.7 Å². The standard InChI is InChI=1S/C23H24FN5O2S/c1-14(2)29-15(3)27-20-6-5-17(10-21(20)29)18-11-23(26-12-19(18)24)28-22-9-16(7-8-25-22)13-32(4,30)31/h5-12,14H,13H2,1-4H3,(H,25,26,28). The molecule has 0 bridgehead atoms. The van der Waals surface area contributed by atoms with Gasteiger partial charge in [-0.05, 0) is 62.2 Å². The molecule has 32 heavy (non-hydrogen) atoms. The number of rotatable bonds is 6. The summed E-state index contributed by atoms with van der Waals surface area (Å²) in [6.07, 6.45) is 3.86. The Bertz CT molecular complexity index is 1410. The van der Waals surface area contributed by atoms with Crippen molar-refractivity contribution in [2.45, 2.75) is 32.6 Å². The second-order valence-electron chi connectivity index (χ2n) is 8.12. The van der Waals surface area contributed by atoms with Crippen molar-refractivity contribution in [3.8, 4) is 11.1 Å². The van der Waals surface area contributed by atoms with Gasteiger partial charge in [-0.1, -0.05) is 6.07 Å². The van der Waals surface area contributed by atoms with Gasteiger partial charge in [0.25, 0.3) is 0 Å². The summed E-state index contributed by atoms with van der Waals surface area (Å²) in [6.45, 7) is 6.13. The number of hydrogen-bond donors (Lipinski definition) is 1. The molecule has 4 aromatic rings. The maximum Gasteiger partial charge on any atom is 0.151 e. The van der Waals surface area contributed by atoms with Crippen LogP contribution in [0.2, 0.25) is 0 Å². The molecule has 0 spiro atoms. The van der Waals surface area contributed by atoms with Gasteiger partial charge in [0.2, 0.25) is 0 Å². The first-order valence-electron chi connectivity index (χ1n) is 10.1. The van der Waals surface area contributed by atoms with E-state index in [1.165, 1.54) is 12.5 Å². The number of sulfone groups is 1. The molecule has 0 aliphatic carbocycles. The summed E-state index contributed by atoms with van der Waals surface area (Å²) in [4.78, 5) is 12.9. The third kappa shape index (κ3) is 4.62. The van der Waals surface area contributed by atoms with Crippen LogP contribution in [0.25, 0.3) is 22.2 Å². The van der Waals surface area contributed by atoms with Crippen LogP contribution in [-0.4, -0.2) is 34.2 Å². The SMILES string of the molecule is Cc1nc2ccc(-c3cc(Nc4cc(CS(C)(=O)=O)ccn4)ncc3F)cc2n1C(C)C. The highest BCUT2D eigenvalue weighted by molar-refractivity contribution is 7.89. The number of hydrogen-bond acceptors (Lipinski definition) is 6. The molecule has 7 nitrogen and oxygen atoms in total. The molecule has 0 unspecified atom stereocenters. The highest BCUT2D eigenvalue weighted by Gasteiger charge is 2.14. The van der Waals surface area contributed by atoms with E-state index in [0.29, 0.717) is 28.3 Å². The number of aromatic nitrogens is 4. The van der Waals surface area contributed by atoms with Crippen molar-refractivity contribution < 1.29 is 12.8 Å². The molecule has 166 valence electrons. The van der Waals surface area contributed by atoms with Crippen molar-refractivity contribution >= 4 is 32.5 Å². The number of anilines is 2. The van der Waals surface area contributed by atoms with E-state index in [1.54, 1.807) is 18.2 Å². The number of fused-ring (bicyclic) bond motifs is 1. The van der Waals surface area contributed by atoms with E-state index in [1.807, 2.05) is 25.1 Å². The molecule has 0 atom stereocenters. The van der Waals surface area contributed by atoms with Crippen molar-refractivity contribution in [2.75, 3.05) is 11.6 Å². The van der Waals surface area contributed by atoms with E-state index in [2.05, 4.69) is 38.7 Å². The zero-order chi connectivity index (χ0) is 23.0. The summed E-state index contributed by atoms with van der Waals surface area (Å²) in [5, 5.41) is 3.04. The highest BCUT2D eigenvalue weighted by Crippen LogP contribution is 2.30. The molecule has 1 aromatic carbocycles. The normalized spacial score (nSPS) is 11.9. The van der Waals surface area contributed by atoms with E-state index in [9.17, 15) is 12.8 Å². The average molecular weight is 454 g/mol. The van der Waals surface area contributed by atoms with Gasteiger partial charge in [0.1, 0.15) is 23.3 Å². The lowest BCUT2D eigenvalue weighted by molar-refractivity contribution is 0.599. The largest absolute Gasteiger partial charge is 0.326 e. The first-order chi connectivity index (χ1) is 15.1. The fraction of sp³-hybridized carbons (Fsp3) is 0.261. The summed E-state index contributed by atoms with van der Waals surface area (Å²) in [5.41, 5.74) is 3.51. The Balaban J connectivity index is 1.70. The van der Waals surface area contributed by atoms with Crippen LogP contribution in [0.3, 0.4) is 0 Å². The van der Waals surface area contributed by atoms with Gasteiger partial charge in [0.15, 0.2) is 9.84 Å². The maximum atomic E-state index is 14.7. The summed E-state index contributed by atoms with van der Waals surface area (Å²) >= 11 is 0. The molecular weight excluding hydrogens is 429 g/mol. The number of pyridine rings is 2. The van der Waals surface area contributed by atoms with Gasteiger partial charge in [0.05, 0.1) is 23.0 Å². The fourth-order valence-electron chi connectivity index (χ4n) is 3.83. The van der Waals surface area contributed by atoms with Crippen LogP contribution in [0.1, 0.15) is 31.3 Å². The predicted octanol–water partition coefficient (Wildman–Crippen LogP) is 4.81. The van der Waals surface area contributed by atoms with Crippen LogP contribution >= 0.6 is 0 Å². The topological polar surface area (TPSA) is 89.8 Å². The minimum Gasteiger partial charge on any atom is -0.326 e. The Labute approximate surface area is 186 Å². The van der Waals surface area contributed by atoms with Crippen LogP contribution in [0.5, 0.6) is 0 Å². The van der Waals surface area contributed by atoms with Gasteiger partial charge in [-0.3, -0.25) is 0 Å². The molecule has 0 amide bonds. The van der Waals surface area contributed by atoms with E-state index >= 15 is 0 Å². The molecule has 4 rings (SSSR count). The Kier molecular flexibility index (Phi) is 5.68. The zero-order valence-corrected chi connectivity index (χ0v) is 19.1. The summed E-state index contributed by atoms with van der Waals surface area (Å²) in [7, 11) is -3.17. The van der Waals surface area contributed by atoms with Gasteiger partial charge in [-0.25, -0.2) is 27.8 Å². The molecule has 1 N–H and O–H groups in total. The van der Waals surface area contributed by atoms with Gasteiger partial charge in [-0.2, -0.15) is 0 Å². The molecule has 0 aliphatic heterocycles. The van der Waals surface area contributed by atoms with Gasteiger partial charge in [0, 0.05) is 24.1 Å². The van der Waals surface area contributed by atoms with Crippen molar-refractivity contribution in [1.82, 2.24) is 19.5 Å². The number of aryl methyl sites for hydroxylation is 1. The molecule has 0 radical (unpaired) electrons. The maximum absolute atomic E-state index is 14.7. The molecule has 9 heteroatoms. The van der Waals surface area contributed by atoms with Crippen molar-refractivity contribution in [3.63, 3.8) is 0 Å². The lowest BCUT2D eigenvalue weighted by Gasteiger charge is -2.12. The van der Waals surface area contributed by atoms with Gasteiger partial charge >= 0.3 is 0 Å². The van der Waals surface area contributed by atoms with E-state index in [4.69, 9.17) is 0 Å². The van der Waals surface area contributed by atoms with Crippen molar-refractivity contribution in [1.29, 1.82) is 0 Å². The zero-order valence-electron chi connectivity index (χ0n) is 18.3. The fourth-order valence-corrected chi connectivity index (χ4v) is 4.61. The molecule has 0 aliphatic rings. The predicted molar refractivity (Wildman–Crippen MR) is 124 cm³/mol. The van der Waals surface area contributed by atoms with Crippen LogP contribution in [0.4, 0.5) is 16.0 Å². The lowest BCUT2D eigenvalue weighted by Crippen LogP contribution is -2.03. The number of imidazole rings is 1. The monoisotopic (exact) mass is 453 g/mol. The molecule has 0 saturated heterocycles. The van der Waals surface area contributed by atoms with Crippen molar-refractivity contribution in [3.05, 3.63) is 66.0 Å². The first-order valence-corrected chi connectivity index (χ1v) is 12.2. The van der Waals surface area contributed by atoms with Crippen molar-refractivity contribution in [2.24, 2.45) is 0 Å². The highest BCUT2D eigenvalue weighted by atomic mass is 32.2. The number of nitrogens with zero attached hydrogens (tertiary/aromatic N) is 4. The Morgan fingerprint density at radius 1 is 1.09 bits per heavy atom. The Morgan fingerprint density at radius 2 is 1.84 bits per heavy atom. The smallest absolute Gasteiger partial charge is 0.151 e. The molecule has 3 aromatic heterocycles. The van der Waals surface area contributed by atoms with Gasteiger partial charge < -0.3 is 9.88 Å². The molecule has 3 heterocycles. The minimum absolute atomic E-state index is 0.0880. The van der Waals surface area contributed by atoms with Crippen LogP contribution in [-0.2, 0) is 15.6 Å². The Hall–Kier alpha value is -3.33. The van der Waals surface area contributed by atoms with Crippen LogP contribution in [0.15, 0.2) is 48.8 Å². The Morgan fingerprint density at radius 3 is 2.56 bits per heavy atom. The number of nitrogens with one attached hydrogen (secondary N) is 1. The number of benzene rings is 1. The molecule has 0 saturated carbocycles. The molecular formula is C23H24FN5O2S. The van der Waals surface area contributed by atoms with Crippen LogP contribution in [0, 0.1) is 12.7 Å². The van der Waals surface area contributed by atoms with Gasteiger partial charge in [-0.15, -0.1) is 0 Å². The summed E-state index contributed by atoms with van der Waals surface area (Å²) in [6, 6.07) is 10.8. The third-order valence-electron chi connectivity index (χ3n) is 5.06. The lowest BCUT2D eigenvalue weighted by atomic mass is 10.1. The second kappa shape index (κ2) is 8.31. The molecule has 0 fully saturated rings. The summed E-state index contributed by atoms with van der Waals surface area (Å²) in [5.74, 6) is 1.21. The minimum atomic E-state index is -3.17. The van der Waals surface area contributed by atoms with Crippen LogP contribution < -0.4 is 5.32 Å². The quantitative estimate of drug-likeness (QED) is 0.451. The van der Waals surface area contributed by atoms with E-state index in [-0.39, 0.29) is 11.8 Å². The second-order valence-corrected chi connectivity index (χ2v) is 10.3. The first kappa shape index (κ1) is 21.9. The number of halogens is 1.